The lowest BCUT2D eigenvalue weighted by Crippen LogP contribution is -2.47. The van der Waals surface area contributed by atoms with E-state index in [1.807, 2.05) is 0 Å². The van der Waals surface area contributed by atoms with Crippen molar-refractivity contribution in [2.45, 2.75) is 51.6 Å². The first-order chi connectivity index (χ1) is 14.0. The maximum Gasteiger partial charge on any atom is 0.421 e. The van der Waals surface area contributed by atoms with Crippen LogP contribution in [0.2, 0.25) is 0 Å². The molecular weight excluding hydrogens is 422 g/mol. The van der Waals surface area contributed by atoms with Gasteiger partial charge in [0.05, 0.1) is 19.3 Å². The largest absolute Gasteiger partial charge is 0.463 e. The Morgan fingerprint density at radius 1 is 1.23 bits per heavy atom. The van der Waals surface area contributed by atoms with Gasteiger partial charge in [0.1, 0.15) is 12.6 Å². The molecule has 0 spiro atoms. The summed E-state index contributed by atoms with van der Waals surface area (Å²) in [5, 5.41) is 0.721. The van der Waals surface area contributed by atoms with Crippen molar-refractivity contribution in [1.82, 2.24) is 9.96 Å². The summed E-state index contributed by atoms with van der Waals surface area (Å²) in [6.45, 7) is 3.78. The molecule has 0 aromatic heterocycles. The molecule has 2 fully saturated rings. The number of hydrogen-bond donors (Lipinski definition) is 1. The van der Waals surface area contributed by atoms with Crippen molar-refractivity contribution in [1.29, 1.82) is 0 Å². The van der Waals surface area contributed by atoms with Gasteiger partial charge in [0.15, 0.2) is 0 Å². The first-order valence-electron chi connectivity index (χ1n) is 9.58. The number of ether oxygens (including phenoxy) is 2. The number of piperidine rings is 1. The molecule has 13 heteroatoms. The summed E-state index contributed by atoms with van der Waals surface area (Å²) in [6.07, 6.45) is 1.10. The summed E-state index contributed by atoms with van der Waals surface area (Å²) in [7, 11) is -3.04. The van der Waals surface area contributed by atoms with Crippen LogP contribution in [0.15, 0.2) is 0 Å². The van der Waals surface area contributed by atoms with Crippen molar-refractivity contribution >= 4 is 28.3 Å². The molecule has 2 aliphatic heterocycles. The van der Waals surface area contributed by atoms with Gasteiger partial charge >= 0.3 is 22.4 Å². The zero-order chi connectivity index (χ0) is 22.5. The van der Waals surface area contributed by atoms with Gasteiger partial charge in [-0.15, -0.1) is 4.28 Å². The van der Waals surface area contributed by atoms with E-state index in [0.29, 0.717) is 25.9 Å². The number of primary amides is 1. The highest BCUT2D eigenvalue weighted by Crippen LogP contribution is 2.31. The average Bonchev–Trinajstić information content (AvgIpc) is 2.89. The normalized spacial score (nSPS) is 21.8. The third-order valence-corrected chi connectivity index (χ3v) is 5.72. The number of hydrogen-bond acceptors (Lipinski definition) is 9. The quantitative estimate of drug-likeness (QED) is 0.317. The van der Waals surface area contributed by atoms with Crippen molar-refractivity contribution in [2.24, 2.45) is 11.1 Å². The van der Waals surface area contributed by atoms with Crippen LogP contribution in [0.1, 0.15) is 39.5 Å². The van der Waals surface area contributed by atoms with Crippen LogP contribution in [-0.2, 0) is 37.9 Å². The van der Waals surface area contributed by atoms with Crippen molar-refractivity contribution in [2.75, 3.05) is 33.5 Å². The van der Waals surface area contributed by atoms with Crippen molar-refractivity contribution in [3.8, 4) is 0 Å². The Labute approximate surface area is 175 Å². The van der Waals surface area contributed by atoms with Gasteiger partial charge in [-0.25, -0.2) is 8.98 Å². The molecule has 2 atom stereocenters. The summed E-state index contributed by atoms with van der Waals surface area (Å²) in [4.78, 5) is 36.7. The lowest BCUT2D eigenvalue weighted by atomic mass is 9.89. The highest BCUT2D eigenvalue weighted by atomic mass is 32.3. The molecule has 2 aliphatic rings. The molecule has 12 nitrogen and oxygen atoms in total. The lowest BCUT2D eigenvalue weighted by molar-refractivity contribution is -0.145. The van der Waals surface area contributed by atoms with Crippen LogP contribution in [0.3, 0.4) is 0 Å². The van der Waals surface area contributed by atoms with Gasteiger partial charge in [-0.1, -0.05) is 13.8 Å². The number of fused-ring (bicyclic) bond motifs is 2. The second-order valence-electron chi connectivity index (χ2n) is 8.03. The number of methoxy groups -OCH3 is 1. The first kappa shape index (κ1) is 24.3. The number of esters is 1. The Hall–Kier alpha value is -1.96. The molecule has 2 heterocycles. The van der Waals surface area contributed by atoms with E-state index in [9.17, 15) is 22.8 Å². The topological polar surface area (TPSA) is 155 Å². The van der Waals surface area contributed by atoms with Crippen LogP contribution in [0.4, 0.5) is 4.79 Å². The Morgan fingerprint density at radius 3 is 2.57 bits per heavy atom. The van der Waals surface area contributed by atoms with E-state index < -0.39 is 45.8 Å². The minimum absolute atomic E-state index is 0.0805. The van der Waals surface area contributed by atoms with E-state index in [4.69, 9.17) is 23.7 Å². The third-order valence-electron chi connectivity index (χ3n) is 4.97. The summed E-state index contributed by atoms with van der Waals surface area (Å²) in [5.41, 5.74) is 4.61. The molecule has 0 aromatic carbocycles. The zero-order valence-corrected chi connectivity index (χ0v) is 18.2. The number of nitrogens with zero attached hydrogens (tertiary/aromatic N) is 2. The molecule has 0 saturated carbocycles. The number of urea groups is 1. The third kappa shape index (κ3) is 6.52. The standard InChI is InChI=1S/C17H29N3O9S/c1-17(2,7-6-14(21)27-9-8-26-3)11-28-30(24,25)29-20-12-4-5-13(15(18)22)19(10-12)16(20)23/h12-13H,4-11H2,1-3H3,(H2,18,22)/t12?,13-/m0/s1. The van der Waals surface area contributed by atoms with Crippen molar-refractivity contribution in [3.05, 3.63) is 0 Å². The number of carbonyl (C=O) groups excluding carboxylic acids is 3. The average molecular weight is 451 g/mol. The molecule has 0 aromatic rings. The second-order valence-corrected chi connectivity index (χ2v) is 9.23. The van der Waals surface area contributed by atoms with Crippen LogP contribution in [-0.4, -0.2) is 81.8 Å². The number of rotatable bonds is 12. The van der Waals surface area contributed by atoms with Gasteiger partial charge in [0, 0.05) is 20.1 Å². The van der Waals surface area contributed by atoms with Gasteiger partial charge < -0.3 is 20.1 Å². The fourth-order valence-electron chi connectivity index (χ4n) is 3.20. The number of amides is 3. The molecule has 1 unspecified atom stereocenters. The van der Waals surface area contributed by atoms with Gasteiger partial charge in [0.25, 0.3) is 0 Å². The Balaban J connectivity index is 1.84. The fourth-order valence-corrected chi connectivity index (χ4v) is 4.09. The van der Waals surface area contributed by atoms with Crippen LogP contribution in [0.25, 0.3) is 0 Å². The van der Waals surface area contributed by atoms with E-state index in [-0.39, 0.29) is 26.2 Å². The maximum absolute atomic E-state index is 12.4. The Morgan fingerprint density at radius 2 is 1.93 bits per heavy atom. The van der Waals surface area contributed by atoms with E-state index in [0.717, 1.165) is 5.06 Å². The van der Waals surface area contributed by atoms with E-state index in [1.54, 1.807) is 13.8 Å². The summed E-state index contributed by atoms with van der Waals surface area (Å²) in [5.74, 6) is -1.07. The van der Waals surface area contributed by atoms with Crippen LogP contribution in [0.5, 0.6) is 0 Å². The molecule has 0 radical (unpaired) electrons. The molecule has 2 rings (SSSR count). The minimum Gasteiger partial charge on any atom is -0.463 e. The fraction of sp³-hybridized carbons (Fsp3) is 0.824. The number of nitrogens with two attached hydrogens (primary N) is 1. The van der Waals surface area contributed by atoms with Crippen LogP contribution < -0.4 is 5.73 Å². The molecule has 172 valence electrons. The smallest absolute Gasteiger partial charge is 0.421 e. The summed E-state index contributed by atoms with van der Waals surface area (Å²) >= 11 is 0. The summed E-state index contributed by atoms with van der Waals surface area (Å²) < 4.78 is 44.0. The molecular formula is C17H29N3O9S. The van der Waals surface area contributed by atoms with Crippen molar-refractivity contribution in [3.63, 3.8) is 0 Å². The summed E-state index contributed by atoms with van der Waals surface area (Å²) in [6, 6.07) is -2.04. The molecule has 2 N–H and O–H groups in total. The highest BCUT2D eigenvalue weighted by molar-refractivity contribution is 7.81. The second kappa shape index (κ2) is 9.90. The Kier molecular flexibility index (Phi) is 8.02. The molecule has 3 amide bonds. The van der Waals surface area contributed by atoms with Gasteiger partial charge in [0.2, 0.25) is 5.91 Å². The Bertz CT molecular complexity index is 756. The highest BCUT2D eigenvalue weighted by Gasteiger charge is 2.49. The van der Waals surface area contributed by atoms with Crippen molar-refractivity contribution < 1.29 is 40.7 Å². The first-order valence-corrected chi connectivity index (χ1v) is 10.9. The van der Waals surface area contributed by atoms with Crippen LogP contribution in [0, 0.1) is 5.41 Å². The van der Waals surface area contributed by atoms with Crippen LogP contribution >= 0.6 is 0 Å². The molecule has 30 heavy (non-hydrogen) atoms. The van der Waals surface area contributed by atoms with E-state index in [1.165, 1.54) is 12.0 Å². The van der Waals surface area contributed by atoms with E-state index >= 15 is 0 Å². The molecule has 2 saturated heterocycles. The number of carbonyl (C=O) groups is 3. The molecule has 0 aliphatic carbocycles. The predicted octanol–water partition coefficient (Wildman–Crippen LogP) is -0.0707. The predicted molar refractivity (Wildman–Crippen MR) is 102 cm³/mol. The van der Waals surface area contributed by atoms with Gasteiger partial charge in [-0.3, -0.25) is 9.59 Å². The minimum atomic E-state index is -4.53. The SMILES string of the molecule is COCCOC(=O)CCC(C)(C)COS(=O)(=O)ON1C(=O)N2CC1CC[C@H]2C(N)=O. The monoisotopic (exact) mass is 451 g/mol. The van der Waals surface area contributed by atoms with Gasteiger partial charge in [-0.2, -0.15) is 13.5 Å². The van der Waals surface area contributed by atoms with E-state index in [2.05, 4.69) is 0 Å². The van der Waals surface area contributed by atoms with Gasteiger partial charge in [-0.05, 0) is 24.7 Å². The molecule has 2 bridgehead atoms. The maximum atomic E-state index is 12.4. The number of hydroxylamine groups is 2. The zero-order valence-electron chi connectivity index (χ0n) is 17.4. The lowest BCUT2D eigenvalue weighted by Gasteiger charge is -2.27.